The van der Waals surface area contributed by atoms with Crippen molar-refractivity contribution >= 4 is 11.9 Å². The summed E-state index contributed by atoms with van der Waals surface area (Å²) in [6, 6.07) is 0.733. The molecule has 2 fully saturated rings. The van der Waals surface area contributed by atoms with Crippen LogP contribution in [0.25, 0.3) is 0 Å². The zero-order valence-corrected chi connectivity index (χ0v) is 27.8. The Bertz CT molecular complexity index is 931. The van der Waals surface area contributed by atoms with E-state index in [1.165, 1.54) is 0 Å². The van der Waals surface area contributed by atoms with Crippen molar-refractivity contribution in [2.75, 3.05) is 23.4 Å². The van der Waals surface area contributed by atoms with Gasteiger partial charge >= 0.3 is 0 Å². The number of piperidine rings is 2. The van der Waals surface area contributed by atoms with E-state index in [2.05, 4.69) is 111 Å². The van der Waals surface area contributed by atoms with Gasteiger partial charge in [0.25, 0.3) is 0 Å². The lowest BCUT2D eigenvalue weighted by molar-refractivity contribution is 0.157. The minimum atomic E-state index is -0.0803. The van der Waals surface area contributed by atoms with Gasteiger partial charge in [-0.05, 0) is 100 Å². The maximum absolute atomic E-state index is 5.30. The molecule has 2 N–H and O–H groups in total. The predicted octanol–water partition coefficient (Wildman–Crippen LogP) is 6.61. The Morgan fingerprint density at radius 1 is 0.718 bits per heavy atom. The average Bonchev–Trinajstić information content (AvgIpc) is 2.79. The summed E-state index contributed by atoms with van der Waals surface area (Å²) in [5, 5.41) is 7.71. The summed E-state index contributed by atoms with van der Waals surface area (Å²) < 4.78 is 0. The molecular weight excluding hydrogens is 482 g/mol. The van der Waals surface area contributed by atoms with Crippen LogP contribution in [0.5, 0.6) is 0 Å². The van der Waals surface area contributed by atoms with Crippen molar-refractivity contribution in [1.82, 2.24) is 25.6 Å². The molecule has 7 heteroatoms. The van der Waals surface area contributed by atoms with Crippen molar-refractivity contribution in [3.05, 3.63) is 5.82 Å². The van der Waals surface area contributed by atoms with Crippen molar-refractivity contribution < 1.29 is 0 Å². The Labute approximate surface area is 240 Å². The summed E-state index contributed by atoms with van der Waals surface area (Å²) in [6.07, 6.45) is 8.55. The first-order chi connectivity index (χ1) is 17.8. The maximum Gasteiger partial charge on any atom is 0.230 e. The third kappa shape index (κ3) is 7.84. The summed E-state index contributed by atoms with van der Waals surface area (Å²) in [6.45, 7) is 28.7. The number of unbranched alkanes of at least 4 members (excludes halogenated alkanes) is 1. The van der Waals surface area contributed by atoms with E-state index >= 15 is 0 Å². The Hall–Kier alpha value is -1.47. The molecule has 2 aliphatic heterocycles. The molecule has 39 heavy (non-hydrogen) atoms. The van der Waals surface area contributed by atoms with Gasteiger partial charge in [0.2, 0.25) is 11.9 Å². The van der Waals surface area contributed by atoms with Crippen LogP contribution in [0, 0.1) is 0 Å². The molecule has 2 saturated heterocycles. The van der Waals surface area contributed by atoms with Crippen molar-refractivity contribution in [3.63, 3.8) is 0 Å². The lowest BCUT2D eigenvalue weighted by Crippen LogP contribution is -2.62. The molecule has 0 spiro atoms. The average molecular weight is 544 g/mol. The number of rotatable bonds is 10. The van der Waals surface area contributed by atoms with Gasteiger partial charge in [-0.1, -0.05) is 34.1 Å². The van der Waals surface area contributed by atoms with Crippen LogP contribution in [0.15, 0.2) is 0 Å². The molecular formula is C32H61N7. The van der Waals surface area contributed by atoms with E-state index in [0.29, 0.717) is 12.1 Å². The molecule has 1 aromatic rings. The lowest BCUT2D eigenvalue weighted by atomic mass is 9.79. The van der Waals surface area contributed by atoms with E-state index in [-0.39, 0.29) is 27.6 Å². The minimum Gasteiger partial charge on any atom is -0.341 e. The number of hydrogen-bond donors (Lipinski definition) is 2. The number of nitrogens with zero attached hydrogens (tertiary/aromatic N) is 5. The smallest absolute Gasteiger partial charge is 0.230 e. The summed E-state index contributed by atoms with van der Waals surface area (Å²) >= 11 is 0. The molecule has 3 heterocycles. The number of hydrogen-bond acceptors (Lipinski definition) is 7. The van der Waals surface area contributed by atoms with E-state index in [4.69, 9.17) is 15.0 Å². The second-order valence-corrected chi connectivity index (χ2v) is 15.6. The van der Waals surface area contributed by atoms with Gasteiger partial charge in [0, 0.05) is 53.2 Å². The van der Waals surface area contributed by atoms with Crippen LogP contribution in [0.2, 0.25) is 0 Å². The van der Waals surface area contributed by atoms with E-state index in [1.807, 2.05) is 0 Å². The molecule has 0 atom stereocenters. The summed E-state index contributed by atoms with van der Waals surface area (Å²) in [4.78, 5) is 20.7. The summed E-state index contributed by atoms with van der Waals surface area (Å²) in [5.74, 6) is 2.64. The topological polar surface area (TPSA) is 69.2 Å². The highest BCUT2D eigenvalue weighted by Gasteiger charge is 2.42. The van der Waals surface area contributed by atoms with E-state index in [1.54, 1.807) is 0 Å². The molecule has 2 aliphatic rings. The second kappa shape index (κ2) is 11.4. The molecule has 7 nitrogen and oxygen atoms in total. The number of nitrogens with one attached hydrogen (secondary N) is 2. The van der Waals surface area contributed by atoms with Crippen LogP contribution in [-0.2, 0) is 5.41 Å². The van der Waals surface area contributed by atoms with Crippen molar-refractivity contribution in [2.24, 2.45) is 0 Å². The molecule has 0 bridgehead atoms. The largest absolute Gasteiger partial charge is 0.341 e. The van der Waals surface area contributed by atoms with Crippen LogP contribution in [-0.4, -0.2) is 62.8 Å². The normalized spacial score (nSPS) is 23.0. The van der Waals surface area contributed by atoms with Crippen LogP contribution < -0.4 is 20.4 Å². The van der Waals surface area contributed by atoms with Crippen LogP contribution in [0.4, 0.5) is 11.9 Å². The van der Waals surface area contributed by atoms with Gasteiger partial charge in [-0.3, -0.25) is 0 Å². The van der Waals surface area contributed by atoms with Gasteiger partial charge < -0.3 is 20.4 Å². The van der Waals surface area contributed by atoms with E-state index in [0.717, 1.165) is 75.6 Å². The molecule has 0 radical (unpaired) electrons. The van der Waals surface area contributed by atoms with Crippen molar-refractivity contribution in [1.29, 1.82) is 0 Å². The maximum atomic E-state index is 5.30. The monoisotopic (exact) mass is 543 g/mol. The lowest BCUT2D eigenvalue weighted by Gasteiger charge is -2.50. The minimum absolute atomic E-state index is 0.0555. The Balaban J connectivity index is 2.12. The molecule has 0 aromatic carbocycles. The summed E-state index contributed by atoms with van der Waals surface area (Å²) in [5.41, 5.74) is 0.142. The van der Waals surface area contributed by atoms with Gasteiger partial charge in [-0.15, -0.1) is 0 Å². The van der Waals surface area contributed by atoms with E-state index in [9.17, 15) is 0 Å². The molecule has 3 rings (SSSR count). The standard InChI is InChI=1S/C32H61N7/c1-14-17-18-39(24-21-30(8,9)37-31(10,11)22-24)27-34-25(32(12,15-2)16-3)33-26(35-27)38(13)23-19-28(4,5)36-29(6,7)20-23/h23-24,36-37H,14-22H2,1-13H3. The highest BCUT2D eigenvalue weighted by Crippen LogP contribution is 2.37. The fourth-order valence-electron chi connectivity index (χ4n) is 7.44. The number of aromatic nitrogens is 3. The fraction of sp³-hybridized carbons (Fsp3) is 0.906. The Morgan fingerprint density at radius 3 is 1.59 bits per heavy atom. The molecule has 0 aliphatic carbocycles. The third-order valence-electron chi connectivity index (χ3n) is 9.36. The fourth-order valence-corrected chi connectivity index (χ4v) is 7.44. The molecule has 0 saturated carbocycles. The summed E-state index contributed by atoms with van der Waals surface area (Å²) in [7, 11) is 2.20. The Kier molecular flexibility index (Phi) is 9.39. The quantitative estimate of drug-likeness (QED) is 0.344. The van der Waals surface area contributed by atoms with Gasteiger partial charge in [0.05, 0.1) is 0 Å². The van der Waals surface area contributed by atoms with Crippen LogP contribution >= 0.6 is 0 Å². The predicted molar refractivity (Wildman–Crippen MR) is 167 cm³/mol. The zero-order valence-electron chi connectivity index (χ0n) is 27.8. The van der Waals surface area contributed by atoms with Crippen molar-refractivity contribution in [3.8, 4) is 0 Å². The molecule has 0 amide bonds. The highest BCUT2D eigenvalue weighted by atomic mass is 15.4. The first kappa shape index (κ1) is 32.0. The van der Waals surface area contributed by atoms with Crippen LogP contribution in [0.3, 0.4) is 0 Å². The number of anilines is 2. The Morgan fingerprint density at radius 2 is 1.15 bits per heavy atom. The van der Waals surface area contributed by atoms with E-state index < -0.39 is 0 Å². The second-order valence-electron chi connectivity index (χ2n) is 15.6. The molecule has 0 unspecified atom stereocenters. The highest BCUT2D eigenvalue weighted by molar-refractivity contribution is 5.42. The van der Waals surface area contributed by atoms with Gasteiger partial charge in [-0.2, -0.15) is 15.0 Å². The zero-order chi connectivity index (χ0) is 29.4. The molecule has 224 valence electrons. The van der Waals surface area contributed by atoms with Gasteiger partial charge in [-0.25, -0.2) is 0 Å². The third-order valence-corrected chi connectivity index (χ3v) is 9.36. The SMILES string of the molecule is CCCCN(c1nc(N(C)C2CC(C)(C)NC(C)(C)C2)nc(C(C)(CC)CC)n1)C1CC(C)(C)NC(C)(C)C1. The van der Waals surface area contributed by atoms with Gasteiger partial charge in [0.15, 0.2) is 0 Å². The first-order valence-corrected chi connectivity index (χ1v) is 15.7. The van der Waals surface area contributed by atoms with Crippen LogP contribution in [0.1, 0.15) is 140 Å². The van der Waals surface area contributed by atoms with Gasteiger partial charge in [0.1, 0.15) is 5.82 Å². The first-order valence-electron chi connectivity index (χ1n) is 15.7. The van der Waals surface area contributed by atoms with Crippen molar-refractivity contribution in [2.45, 2.75) is 174 Å². The molecule has 1 aromatic heterocycles.